The van der Waals surface area contributed by atoms with Crippen molar-refractivity contribution in [2.24, 2.45) is 0 Å². The van der Waals surface area contributed by atoms with Crippen LogP contribution in [0.5, 0.6) is 0 Å². The first-order valence-corrected chi connectivity index (χ1v) is 9.74. The largest absolute Gasteiger partial charge is 0.459 e. The molecule has 1 saturated heterocycles. The Hall–Kier alpha value is -3.02. The van der Waals surface area contributed by atoms with Crippen LogP contribution < -0.4 is 0 Å². The zero-order valence-electron chi connectivity index (χ0n) is 15.4. The van der Waals surface area contributed by atoms with Gasteiger partial charge in [0.05, 0.1) is 27.4 Å². The molecular formula is C18H16F3N3O5S. The molecule has 30 heavy (non-hydrogen) atoms. The average Bonchev–Trinajstić information content (AvgIpc) is 3.25. The van der Waals surface area contributed by atoms with Crippen molar-refractivity contribution in [2.45, 2.75) is 11.1 Å². The maximum atomic E-state index is 12.8. The average molecular weight is 443 g/mol. The van der Waals surface area contributed by atoms with Gasteiger partial charge in [-0.05, 0) is 24.3 Å². The molecule has 1 aromatic carbocycles. The zero-order valence-corrected chi connectivity index (χ0v) is 16.2. The van der Waals surface area contributed by atoms with Gasteiger partial charge in [0.15, 0.2) is 5.76 Å². The van der Waals surface area contributed by atoms with Crippen molar-refractivity contribution in [2.75, 3.05) is 31.9 Å². The molecule has 0 bridgehead atoms. The molecule has 0 unspecified atom stereocenters. The van der Waals surface area contributed by atoms with Gasteiger partial charge < -0.3 is 14.2 Å². The first-order chi connectivity index (χ1) is 14.2. The normalized spacial score (nSPS) is 14.6. The number of rotatable bonds is 5. The van der Waals surface area contributed by atoms with Crippen LogP contribution in [0.2, 0.25) is 0 Å². The lowest BCUT2D eigenvalue weighted by atomic mass is 10.2. The Labute approximate surface area is 172 Å². The van der Waals surface area contributed by atoms with Crippen LogP contribution in [0.15, 0.2) is 45.9 Å². The van der Waals surface area contributed by atoms with Crippen LogP contribution in [-0.4, -0.2) is 58.5 Å². The lowest BCUT2D eigenvalue weighted by molar-refractivity contribution is -0.388. The fourth-order valence-electron chi connectivity index (χ4n) is 2.90. The molecule has 3 rings (SSSR count). The van der Waals surface area contributed by atoms with Gasteiger partial charge in [-0.2, -0.15) is 13.2 Å². The van der Waals surface area contributed by atoms with Crippen LogP contribution in [0, 0.1) is 10.1 Å². The van der Waals surface area contributed by atoms with Gasteiger partial charge >= 0.3 is 6.18 Å². The highest BCUT2D eigenvalue weighted by atomic mass is 32.2. The molecule has 0 aliphatic carbocycles. The standard InChI is InChI=1S/C18H16F3N3O5S/c19-18(20,21)12-3-4-15(13(10-12)24(27)28)30-11-16(25)22-5-7-23(8-6-22)17(26)14-2-1-9-29-14/h1-4,9-10H,5-8,11H2. The minimum atomic E-state index is -4.70. The van der Waals surface area contributed by atoms with Gasteiger partial charge in [-0.1, -0.05) is 0 Å². The number of halogens is 3. The van der Waals surface area contributed by atoms with Gasteiger partial charge in [0.2, 0.25) is 5.91 Å². The number of benzene rings is 1. The predicted octanol–water partition coefficient (Wildman–Crippen LogP) is 3.28. The summed E-state index contributed by atoms with van der Waals surface area (Å²) < 4.78 is 43.4. The summed E-state index contributed by atoms with van der Waals surface area (Å²) in [5.41, 5.74) is -1.82. The molecule has 0 atom stereocenters. The summed E-state index contributed by atoms with van der Waals surface area (Å²) in [5.74, 6) is -0.556. The highest BCUT2D eigenvalue weighted by Crippen LogP contribution is 2.36. The van der Waals surface area contributed by atoms with E-state index in [1.54, 1.807) is 17.0 Å². The maximum Gasteiger partial charge on any atom is 0.416 e. The van der Waals surface area contributed by atoms with E-state index in [0.717, 1.165) is 23.9 Å². The Balaban J connectivity index is 1.57. The molecular weight excluding hydrogens is 427 g/mol. The van der Waals surface area contributed by atoms with E-state index in [9.17, 15) is 32.9 Å². The summed E-state index contributed by atoms with van der Waals surface area (Å²) in [6.45, 7) is 1.16. The third kappa shape index (κ3) is 4.93. The van der Waals surface area contributed by atoms with Crippen molar-refractivity contribution >= 4 is 29.3 Å². The lowest BCUT2D eigenvalue weighted by Crippen LogP contribution is -2.51. The number of nitrogens with zero attached hydrogens (tertiary/aromatic N) is 3. The van der Waals surface area contributed by atoms with E-state index in [0.29, 0.717) is 19.2 Å². The summed E-state index contributed by atoms with van der Waals surface area (Å²) in [7, 11) is 0. The van der Waals surface area contributed by atoms with Crippen LogP contribution in [0.4, 0.5) is 18.9 Å². The monoisotopic (exact) mass is 443 g/mol. The maximum absolute atomic E-state index is 12.8. The number of hydrogen-bond acceptors (Lipinski definition) is 6. The number of amides is 2. The van der Waals surface area contributed by atoms with Crippen LogP contribution in [-0.2, 0) is 11.0 Å². The Kier molecular flexibility index (Phi) is 6.34. The van der Waals surface area contributed by atoms with Crippen molar-refractivity contribution < 1.29 is 32.1 Å². The Morgan fingerprint density at radius 1 is 1.13 bits per heavy atom. The molecule has 0 N–H and O–H groups in total. The summed E-state index contributed by atoms with van der Waals surface area (Å²) in [4.78, 5) is 37.9. The molecule has 2 heterocycles. The molecule has 2 aromatic rings. The zero-order chi connectivity index (χ0) is 21.9. The van der Waals surface area contributed by atoms with Crippen LogP contribution in [0.3, 0.4) is 0 Å². The number of piperazine rings is 1. The molecule has 0 radical (unpaired) electrons. The summed E-state index contributed by atoms with van der Waals surface area (Å²) in [5, 5.41) is 11.1. The SMILES string of the molecule is O=C(CSc1ccc(C(F)(F)F)cc1[N+](=O)[O-])N1CCN(C(=O)c2ccco2)CC1. The van der Waals surface area contributed by atoms with Gasteiger partial charge in [0.1, 0.15) is 0 Å². The molecule has 2 amide bonds. The van der Waals surface area contributed by atoms with Crippen LogP contribution >= 0.6 is 11.8 Å². The number of carbonyl (C=O) groups is 2. The first-order valence-electron chi connectivity index (χ1n) is 8.76. The Morgan fingerprint density at radius 2 is 1.80 bits per heavy atom. The molecule has 1 aliphatic rings. The minimum absolute atomic E-state index is 0.0204. The number of carbonyl (C=O) groups excluding carboxylic acids is 2. The topological polar surface area (TPSA) is 96.9 Å². The summed E-state index contributed by atoms with van der Waals surface area (Å²) in [6, 6.07) is 5.36. The molecule has 1 aromatic heterocycles. The van der Waals surface area contributed by atoms with E-state index in [1.165, 1.54) is 11.2 Å². The number of furan rings is 1. The second-order valence-electron chi connectivity index (χ2n) is 6.38. The van der Waals surface area contributed by atoms with Gasteiger partial charge in [-0.15, -0.1) is 11.8 Å². The smallest absolute Gasteiger partial charge is 0.416 e. The van der Waals surface area contributed by atoms with Crippen molar-refractivity contribution in [3.8, 4) is 0 Å². The molecule has 1 fully saturated rings. The molecule has 12 heteroatoms. The quantitative estimate of drug-likeness (QED) is 0.400. The van der Waals surface area contributed by atoms with E-state index in [4.69, 9.17) is 4.42 Å². The second-order valence-corrected chi connectivity index (χ2v) is 7.39. The fraction of sp³-hybridized carbons (Fsp3) is 0.333. The number of alkyl halides is 3. The molecule has 0 spiro atoms. The van der Waals surface area contributed by atoms with Gasteiger partial charge in [0, 0.05) is 32.2 Å². The van der Waals surface area contributed by atoms with Gasteiger partial charge in [-0.3, -0.25) is 19.7 Å². The second kappa shape index (κ2) is 8.78. The molecule has 1 aliphatic heterocycles. The number of thioether (sulfide) groups is 1. The predicted molar refractivity (Wildman–Crippen MR) is 100 cm³/mol. The number of nitro groups is 1. The fourth-order valence-corrected chi connectivity index (χ4v) is 3.81. The highest BCUT2D eigenvalue weighted by Gasteiger charge is 2.33. The van der Waals surface area contributed by atoms with Crippen molar-refractivity contribution in [3.05, 3.63) is 58.0 Å². The number of nitro benzene ring substituents is 1. The third-order valence-corrected chi connectivity index (χ3v) is 5.53. The van der Waals surface area contributed by atoms with Crippen molar-refractivity contribution in [1.29, 1.82) is 0 Å². The Morgan fingerprint density at radius 3 is 2.37 bits per heavy atom. The lowest BCUT2D eigenvalue weighted by Gasteiger charge is -2.34. The van der Waals surface area contributed by atoms with E-state index in [-0.39, 0.29) is 41.3 Å². The molecule has 160 valence electrons. The number of hydrogen-bond donors (Lipinski definition) is 0. The first kappa shape index (κ1) is 21.7. The van der Waals surface area contributed by atoms with Crippen LogP contribution in [0.25, 0.3) is 0 Å². The van der Waals surface area contributed by atoms with Crippen LogP contribution in [0.1, 0.15) is 16.1 Å². The van der Waals surface area contributed by atoms with E-state index in [1.807, 2.05) is 0 Å². The Bertz CT molecular complexity index is 941. The summed E-state index contributed by atoms with van der Waals surface area (Å²) >= 11 is 0.806. The van der Waals surface area contributed by atoms with E-state index >= 15 is 0 Å². The summed E-state index contributed by atoms with van der Waals surface area (Å²) in [6.07, 6.45) is -3.30. The molecule has 0 saturated carbocycles. The van der Waals surface area contributed by atoms with Gasteiger partial charge in [0.25, 0.3) is 11.6 Å². The minimum Gasteiger partial charge on any atom is -0.459 e. The molecule has 8 nitrogen and oxygen atoms in total. The van der Waals surface area contributed by atoms with E-state index in [2.05, 4.69) is 0 Å². The van der Waals surface area contributed by atoms with E-state index < -0.39 is 22.4 Å². The van der Waals surface area contributed by atoms with Gasteiger partial charge in [-0.25, -0.2) is 0 Å². The highest BCUT2D eigenvalue weighted by molar-refractivity contribution is 8.00. The van der Waals surface area contributed by atoms with Crippen molar-refractivity contribution in [3.63, 3.8) is 0 Å². The van der Waals surface area contributed by atoms with Crippen molar-refractivity contribution in [1.82, 2.24) is 9.80 Å². The third-order valence-electron chi connectivity index (χ3n) is 4.49.